The van der Waals surface area contributed by atoms with Gasteiger partial charge in [-0.1, -0.05) is 13.0 Å². The monoisotopic (exact) mass is 248 g/mol. The molecule has 98 valence electrons. The maximum absolute atomic E-state index is 11.8. The van der Waals surface area contributed by atoms with Crippen molar-refractivity contribution >= 4 is 12.2 Å². The van der Waals surface area contributed by atoms with E-state index in [1.807, 2.05) is 26.0 Å². The third kappa shape index (κ3) is 3.39. The maximum atomic E-state index is 11.8. The van der Waals surface area contributed by atoms with Crippen LogP contribution in [-0.4, -0.2) is 24.2 Å². The molecule has 0 fully saturated rings. The predicted octanol–water partition coefficient (Wildman–Crippen LogP) is 1.76. The molecule has 0 bridgehead atoms. The SMILES string of the molecule is CCc1nc(C(CCC=O)C(=O)NC)ccc1C. The smallest absolute Gasteiger partial charge is 0.228 e. The molecular formula is C14H20N2O2. The second-order valence-electron chi connectivity index (χ2n) is 4.26. The van der Waals surface area contributed by atoms with Gasteiger partial charge in [-0.15, -0.1) is 0 Å². The summed E-state index contributed by atoms with van der Waals surface area (Å²) in [5.41, 5.74) is 2.89. The van der Waals surface area contributed by atoms with E-state index in [2.05, 4.69) is 10.3 Å². The van der Waals surface area contributed by atoms with E-state index in [-0.39, 0.29) is 11.8 Å². The molecule has 1 amide bonds. The van der Waals surface area contributed by atoms with Gasteiger partial charge in [-0.25, -0.2) is 0 Å². The van der Waals surface area contributed by atoms with Crippen molar-refractivity contribution < 1.29 is 9.59 Å². The molecule has 4 nitrogen and oxygen atoms in total. The third-order valence-electron chi connectivity index (χ3n) is 3.05. The Bertz CT molecular complexity index is 430. The first-order chi connectivity index (χ1) is 8.63. The Kier molecular flexibility index (Phi) is 5.49. The zero-order chi connectivity index (χ0) is 13.5. The summed E-state index contributed by atoms with van der Waals surface area (Å²) < 4.78 is 0. The van der Waals surface area contributed by atoms with Gasteiger partial charge in [0.1, 0.15) is 6.29 Å². The molecule has 1 aromatic heterocycles. The van der Waals surface area contributed by atoms with E-state index in [0.29, 0.717) is 12.8 Å². The van der Waals surface area contributed by atoms with E-state index in [1.54, 1.807) is 7.05 Å². The molecule has 1 aromatic rings. The Morgan fingerprint density at radius 1 is 1.50 bits per heavy atom. The zero-order valence-corrected chi connectivity index (χ0v) is 11.2. The van der Waals surface area contributed by atoms with Crippen molar-refractivity contribution in [1.29, 1.82) is 0 Å². The van der Waals surface area contributed by atoms with Crippen LogP contribution < -0.4 is 5.32 Å². The molecule has 1 unspecified atom stereocenters. The highest BCUT2D eigenvalue weighted by molar-refractivity contribution is 5.83. The van der Waals surface area contributed by atoms with Crippen molar-refractivity contribution in [2.24, 2.45) is 0 Å². The van der Waals surface area contributed by atoms with E-state index in [9.17, 15) is 9.59 Å². The van der Waals surface area contributed by atoms with E-state index in [1.165, 1.54) is 0 Å². The number of pyridine rings is 1. The molecular weight excluding hydrogens is 228 g/mol. The molecule has 0 saturated carbocycles. The van der Waals surface area contributed by atoms with Crippen LogP contribution in [0.4, 0.5) is 0 Å². The standard InChI is InChI=1S/C14H20N2O2/c1-4-12-10(2)7-8-13(16-12)11(6-5-9-17)14(18)15-3/h7-9,11H,4-6H2,1-3H3,(H,15,18). The summed E-state index contributed by atoms with van der Waals surface area (Å²) in [4.78, 5) is 26.8. The van der Waals surface area contributed by atoms with Gasteiger partial charge in [-0.2, -0.15) is 0 Å². The molecule has 18 heavy (non-hydrogen) atoms. The van der Waals surface area contributed by atoms with Crippen LogP contribution in [0.1, 0.15) is 42.6 Å². The third-order valence-corrected chi connectivity index (χ3v) is 3.05. The van der Waals surface area contributed by atoms with Gasteiger partial charge >= 0.3 is 0 Å². The Morgan fingerprint density at radius 3 is 2.78 bits per heavy atom. The van der Waals surface area contributed by atoms with Gasteiger partial charge in [-0.3, -0.25) is 9.78 Å². The summed E-state index contributed by atoms with van der Waals surface area (Å²) in [5.74, 6) is -0.429. The van der Waals surface area contributed by atoms with Crippen molar-refractivity contribution in [1.82, 2.24) is 10.3 Å². The van der Waals surface area contributed by atoms with Crippen LogP contribution in [0.3, 0.4) is 0 Å². The Hall–Kier alpha value is -1.71. The number of aromatic nitrogens is 1. The number of nitrogens with zero attached hydrogens (tertiary/aromatic N) is 1. The van der Waals surface area contributed by atoms with Crippen LogP contribution in [0.5, 0.6) is 0 Å². The highest BCUT2D eigenvalue weighted by Gasteiger charge is 2.21. The number of hydrogen-bond donors (Lipinski definition) is 1. The lowest BCUT2D eigenvalue weighted by molar-refractivity contribution is -0.122. The molecule has 0 aliphatic rings. The molecule has 1 heterocycles. The van der Waals surface area contributed by atoms with Gasteiger partial charge in [0, 0.05) is 19.2 Å². The van der Waals surface area contributed by atoms with Gasteiger partial charge in [0.15, 0.2) is 0 Å². The zero-order valence-electron chi connectivity index (χ0n) is 11.2. The normalized spacial score (nSPS) is 11.9. The van der Waals surface area contributed by atoms with E-state index >= 15 is 0 Å². The predicted molar refractivity (Wildman–Crippen MR) is 70.5 cm³/mol. The minimum atomic E-state index is -0.342. The summed E-state index contributed by atoms with van der Waals surface area (Å²) in [7, 11) is 1.60. The van der Waals surface area contributed by atoms with Crippen LogP contribution in [0.15, 0.2) is 12.1 Å². The van der Waals surface area contributed by atoms with Crippen molar-refractivity contribution in [3.8, 4) is 0 Å². The van der Waals surface area contributed by atoms with Crippen LogP contribution in [0.2, 0.25) is 0 Å². The summed E-state index contributed by atoms with van der Waals surface area (Å²) >= 11 is 0. The first kappa shape index (κ1) is 14.4. The highest BCUT2D eigenvalue weighted by atomic mass is 16.1. The molecule has 1 rings (SSSR count). The van der Waals surface area contributed by atoms with Crippen LogP contribution in [0.25, 0.3) is 0 Å². The summed E-state index contributed by atoms with van der Waals surface area (Å²) in [6.45, 7) is 4.05. The Morgan fingerprint density at radius 2 is 2.22 bits per heavy atom. The van der Waals surface area contributed by atoms with Gasteiger partial charge in [-0.05, 0) is 31.4 Å². The molecule has 0 saturated heterocycles. The van der Waals surface area contributed by atoms with Gasteiger partial charge in [0.2, 0.25) is 5.91 Å². The van der Waals surface area contributed by atoms with Crippen molar-refractivity contribution in [2.75, 3.05) is 7.05 Å². The topological polar surface area (TPSA) is 59.1 Å². The minimum Gasteiger partial charge on any atom is -0.359 e. The number of aldehydes is 1. The fraction of sp³-hybridized carbons (Fsp3) is 0.500. The van der Waals surface area contributed by atoms with Gasteiger partial charge < -0.3 is 10.1 Å². The van der Waals surface area contributed by atoms with E-state index in [0.717, 1.165) is 29.7 Å². The van der Waals surface area contributed by atoms with Crippen molar-refractivity contribution in [3.63, 3.8) is 0 Å². The molecule has 1 atom stereocenters. The highest BCUT2D eigenvalue weighted by Crippen LogP contribution is 2.21. The van der Waals surface area contributed by atoms with Gasteiger partial charge in [0.05, 0.1) is 11.6 Å². The van der Waals surface area contributed by atoms with Crippen LogP contribution in [-0.2, 0) is 16.0 Å². The number of carbonyl (C=O) groups excluding carboxylic acids is 2. The quantitative estimate of drug-likeness (QED) is 0.780. The lowest BCUT2D eigenvalue weighted by Gasteiger charge is -2.15. The molecule has 0 spiro atoms. The molecule has 0 aliphatic carbocycles. The fourth-order valence-electron chi connectivity index (χ4n) is 1.96. The first-order valence-electron chi connectivity index (χ1n) is 6.25. The molecule has 4 heteroatoms. The fourth-order valence-corrected chi connectivity index (χ4v) is 1.96. The number of rotatable bonds is 6. The molecule has 0 radical (unpaired) electrons. The molecule has 0 aromatic carbocycles. The minimum absolute atomic E-state index is 0.0877. The first-order valence-corrected chi connectivity index (χ1v) is 6.25. The second kappa shape index (κ2) is 6.89. The number of likely N-dealkylation sites (N-methyl/N-ethyl adjacent to an activating group) is 1. The number of aryl methyl sites for hydroxylation is 2. The van der Waals surface area contributed by atoms with Crippen molar-refractivity contribution in [2.45, 2.75) is 39.0 Å². The number of amides is 1. The summed E-state index contributed by atoms with van der Waals surface area (Å²) in [5, 5.41) is 2.63. The maximum Gasteiger partial charge on any atom is 0.228 e. The Labute approximate surface area is 108 Å². The van der Waals surface area contributed by atoms with Gasteiger partial charge in [0.25, 0.3) is 0 Å². The van der Waals surface area contributed by atoms with Crippen molar-refractivity contribution in [3.05, 3.63) is 29.1 Å². The van der Waals surface area contributed by atoms with E-state index in [4.69, 9.17) is 0 Å². The lowest BCUT2D eigenvalue weighted by Crippen LogP contribution is -2.26. The average Bonchev–Trinajstić information content (AvgIpc) is 2.40. The Balaban J connectivity index is 3.03. The second-order valence-corrected chi connectivity index (χ2v) is 4.26. The summed E-state index contributed by atoms with van der Waals surface area (Å²) in [6.07, 6.45) is 2.55. The van der Waals surface area contributed by atoms with E-state index < -0.39 is 0 Å². The molecule has 1 N–H and O–H groups in total. The average molecular weight is 248 g/mol. The lowest BCUT2D eigenvalue weighted by atomic mass is 9.97. The number of hydrogen-bond acceptors (Lipinski definition) is 3. The number of carbonyl (C=O) groups is 2. The van der Waals surface area contributed by atoms with Crippen LogP contribution >= 0.6 is 0 Å². The number of nitrogens with one attached hydrogen (secondary N) is 1. The molecule has 0 aliphatic heterocycles. The van der Waals surface area contributed by atoms with Crippen LogP contribution in [0, 0.1) is 6.92 Å². The summed E-state index contributed by atoms with van der Waals surface area (Å²) in [6, 6.07) is 3.86. The largest absolute Gasteiger partial charge is 0.359 e.